The molecule has 0 atom stereocenters. The molecule has 0 radical (unpaired) electrons. The van der Waals surface area contributed by atoms with Crippen molar-refractivity contribution in [1.82, 2.24) is 0 Å². The molecular weight excluding hydrogens is 452 g/mol. The molecule has 37 heavy (non-hydrogen) atoms. The lowest BCUT2D eigenvalue weighted by Gasteiger charge is -2.04. The van der Waals surface area contributed by atoms with Crippen LogP contribution in [0, 0.1) is 0 Å². The van der Waals surface area contributed by atoms with Crippen LogP contribution in [0.1, 0.15) is 167 Å². The summed E-state index contributed by atoms with van der Waals surface area (Å²) < 4.78 is 5.28. The average Bonchev–Trinajstić information content (AvgIpc) is 2.91. The summed E-state index contributed by atoms with van der Waals surface area (Å²) >= 11 is 0. The molecule has 0 aromatic heterocycles. The van der Waals surface area contributed by atoms with E-state index >= 15 is 0 Å². The number of ether oxygens (including phenoxy) is 1. The van der Waals surface area contributed by atoms with Gasteiger partial charge in [-0.3, -0.25) is 4.79 Å². The van der Waals surface area contributed by atoms with Crippen LogP contribution in [0.15, 0.2) is 42.5 Å². The molecule has 0 aliphatic carbocycles. The molecule has 0 aliphatic rings. The molecule has 2 heteroatoms. The Morgan fingerprint density at radius 1 is 0.541 bits per heavy atom. The summed E-state index contributed by atoms with van der Waals surface area (Å²) in [6.07, 6.45) is 38.3. The lowest BCUT2D eigenvalue weighted by atomic mass is 10.0. The van der Waals surface area contributed by atoms with Crippen LogP contribution in [0.4, 0.5) is 0 Å². The van der Waals surface area contributed by atoms with E-state index in [0.29, 0.717) is 12.2 Å². The summed E-state index contributed by atoms with van der Waals surface area (Å²) in [6, 6.07) is 9.28. The minimum absolute atomic E-state index is 0.188. The average molecular weight is 513 g/mol. The summed E-state index contributed by atoms with van der Waals surface area (Å²) in [5, 5.41) is 0. The van der Waals surface area contributed by atoms with Crippen LogP contribution < -0.4 is 4.74 Å². The quantitative estimate of drug-likeness (QED) is 0.0507. The fourth-order valence-corrected chi connectivity index (χ4v) is 5.01. The third-order valence-corrected chi connectivity index (χ3v) is 7.40. The maximum atomic E-state index is 11.8. The van der Waals surface area contributed by atoms with Gasteiger partial charge in [-0.25, -0.2) is 0 Å². The fourth-order valence-electron chi connectivity index (χ4n) is 5.01. The van der Waals surface area contributed by atoms with Crippen molar-refractivity contribution < 1.29 is 9.53 Å². The van der Waals surface area contributed by atoms with Crippen LogP contribution in [-0.2, 0) is 4.79 Å². The highest BCUT2D eigenvalue weighted by Gasteiger charge is 2.01. The first-order chi connectivity index (χ1) is 18.3. The summed E-state index contributed by atoms with van der Waals surface area (Å²) in [7, 11) is 0. The molecule has 0 bridgehead atoms. The highest BCUT2D eigenvalue weighted by molar-refractivity contribution is 5.73. The Morgan fingerprint density at radius 3 is 1.32 bits per heavy atom. The maximum absolute atomic E-state index is 11.8. The number of carbonyl (C=O) groups excluding carboxylic acids is 1. The highest BCUT2D eigenvalue weighted by atomic mass is 16.5. The van der Waals surface area contributed by atoms with Crippen LogP contribution in [-0.4, -0.2) is 5.97 Å². The normalized spacial score (nSPS) is 11.4. The van der Waals surface area contributed by atoms with Gasteiger partial charge in [0.1, 0.15) is 5.75 Å². The van der Waals surface area contributed by atoms with E-state index in [1.807, 2.05) is 36.4 Å². The molecule has 0 fully saturated rings. The molecule has 0 amide bonds. The van der Waals surface area contributed by atoms with E-state index in [2.05, 4.69) is 13.0 Å². The molecule has 2 nitrogen and oxygen atoms in total. The molecule has 0 unspecified atom stereocenters. The zero-order chi connectivity index (χ0) is 26.5. The predicted octanol–water partition coefficient (Wildman–Crippen LogP) is 11.9. The molecular formula is C35H60O2. The fraction of sp³-hybridized carbons (Fsp3) is 0.743. The summed E-state index contributed by atoms with van der Waals surface area (Å²) in [4.78, 5) is 11.8. The Bertz CT molecular complexity index is 621. The van der Waals surface area contributed by atoms with Crippen molar-refractivity contribution in [2.24, 2.45) is 0 Å². The lowest BCUT2D eigenvalue weighted by molar-refractivity contribution is -0.133. The SMILES string of the molecule is CCCCCCCCCCCCCCCCCCCCCCCCC/C=C/CC(=O)Oc1ccccc1. The Hall–Kier alpha value is -1.57. The van der Waals surface area contributed by atoms with Crippen molar-refractivity contribution >= 4 is 5.97 Å². The maximum Gasteiger partial charge on any atom is 0.315 e. The van der Waals surface area contributed by atoms with Gasteiger partial charge in [0.2, 0.25) is 0 Å². The smallest absolute Gasteiger partial charge is 0.315 e. The van der Waals surface area contributed by atoms with Crippen LogP contribution in [0.25, 0.3) is 0 Å². The number of carbonyl (C=O) groups is 1. The second-order valence-corrected chi connectivity index (χ2v) is 11.0. The number of esters is 1. The molecule has 1 aromatic carbocycles. The number of unbranched alkanes of at least 4 members (excludes halogenated alkanes) is 23. The van der Waals surface area contributed by atoms with Crippen molar-refractivity contribution in [2.75, 3.05) is 0 Å². The number of para-hydroxylation sites is 1. The van der Waals surface area contributed by atoms with Crippen LogP contribution in [0.2, 0.25) is 0 Å². The van der Waals surface area contributed by atoms with Crippen molar-refractivity contribution in [3.63, 3.8) is 0 Å². The molecule has 0 N–H and O–H groups in total. The van der Waals surface area contributed by atoms with Gasteiger partial charge in [0.05, 0.1) is 6.42 Å². The van der Waals surface area contributed by atoms with Gasteiger partial charge in [-0.05, 0) is 25.0 Å². The Labute approximate surface area is 231 Å². The molecule has 0 saturated heterocycles. The molecule has 0 spiro atoms. The summed E-state index contributed by atoms with van der Waals surface area (Å²) in [6.45, 7) is 2.30. The third kappa shape index (κ3) is 24.5. The van der Waals surface area contributed by atoms with E-state index in [4.69, 9.17) is 4.74 Å². The predicted molar refractivity (Wildman–Crippen MR) is 162 cm³/mol. The van der Waals surface area contributed by atoms with Gasteiger partial charge >= 0.3 is 5.97 Å². The van der Waals surface area contributed by atoms with E-state index in [1.54, 1.807) is 0 Å². The van der Waals surface area contributed by atoms with Crippen LogP contribution in [0.5, 0.6) is 5.75 Å². The standard InChI is InChI=1S/C35H60O2/c1-2-3-4-5-6-7-8-9-10-11-12-13-14-15-16-17-18-19-20-21-22-23-24-25-26-30-33-35(36)37-34-31-28-27-29-32-34/h26-32H,2-25,33H2,1H3/b30-26+. The number of allylic oxidation sites excluding steroid dienone is 1. The first kappa shape index (κ1) is 33.5. The van der Waals surface area contributed by atoms with Crippen molar-refractivity contribution in [3.8, 4) is 5.75 Å². The van der Waals surface area contributed by atoms with Gasteiger partial charge in [-0.1, -0.05) is 179 Å². The largest absolute Gasteiger partial charge is 0.426 e. The van der Waals surface area contributed by atoms with Gasteiger partial charge < -0.3 is 4.74 Å². The number of hydrogen-bond donors (Lipinski definition) is 0. The first-order valence-electron chi connectivity index (χ1n) is 16.2. The van der Waals surface area contributed by atoms with Crippen LogP contribution in [0.3, 0.4) is 0 Å². The lowest BCUT2D eigenvalue weighted by Crippen LogP contribution is -2.05. The molecule has 0 saturated carbocycles. The highest BCUT2D eigenvalue weighted by Crippen LogP contribution is 2.16. The number of rotatable bonds is 27. The number of benzene rings is 1. The molecule has 0 heterocycles. The van der Waals surface area contributed by atoms with Crippen molar-refractivity contribution in [1.29, 1.82) is 0 Å². The van der Waals surface area contributed by atoms with Gasteiger partial charge in [-0.15, -0.1) is 0 Å². The Balaban J connectivity index is 1.70. The third-order valence-electron chi connectivity index (χ3n) is 7.40. The minimum Gasteiger partial charge on any atom is -0.426 e. The Morgan fingerprint density at radius 2 is 0.919 bits per heavy atom. The van der Waals surface area contributed by atoms with Gasteiger partial charge in [0.15, 0.2) is 0 Å². The summed E-state index contributed by atoms with van der Waals surface area (Å²) in [5.74, 6) is 0.433. The molecule has 212 valence electrons. The van der Waals surface area contributed by atoms with E-state index in [0.717, 1.165) is 6.42 Å². The van der Waals surface area contributed by atoms with Crippen molar-refractivity contribution in [3.05, 3.63) is 42.5 Å². The van der Waals surface area contributed by atoms with E-state index in [9.17, 15) is 4.79 Å². The topological polar surface area (TPSA) is 26.3 Å². The Kier molecular flexibility index (Phi) is 24.8. The second-order valence-electron chi connectivity index (χ2n) is 11.0. The monoisotopic (exact) mass is 512 g/mol. The van der Waals surface area contributed by atoms with Crippen LogP contribution >= 0.6 is 0 Å². The zero-order valence-electron chi connectivity index (χ0n) is 24.5. The minimum atomic E-state index is -0.188. The second kappa shape index (κ2) is 27.5. The van der Waals surface area contributed by atoms with Gasteiger partial charge in [0, 0.05) is 0 Å². The van der Waals surface area contributed by atoms with Crippen molar-refractivity contribution in [2.45, 2.75) is 167 Å². The van der Waals surface area contributed by atoms with E-state index < -0.39 is 0 Å². The van der Waals surface area contributed by atoms with E-state index in [-0.39, 0.29) is 5.97 Å². The molecule has 0 aliphatic heterocycles. The number of hydrogen-bond acceptors (Lipinski definition) is 2. The zero-order valence-corrected chi connectivity index (χ0v) is 24.5. The first-order valence-corrected chi connectivity index (χ1v) is 16.2. The molecule has 1 aromatic rings. The van der Waals surface area contributed by atoms with E-state index in [1.165, 1.54) is 148 Å². The van der Waals surface area contributed by atoms with Gasteiger partial charge in [0.25, 0.3) is 0 Å². The summed E-state index contributed by atoms with van der Waals surface area (Å²) in [5.41, 5.74) is 0. The molecule has 1 rings (SSSR count). The van der Waals surface area contributed by atoms with Gasteiger partial charge in [-0.2, -0.15) is 0 Å².